The van der Waals surface area contributed by atoms with Crippen LogP contribution in [-0.4, -0.2) is 10.8 Å². The Hall–Kier alpha value is -0.0800. The molecule has 0 saturated heterocycles. The van der Waals surface area contributed by atoms with E-state index in [-0.39, 0.29) is 0 Å². The molecule has 0 aromatic rings. The highest BCUT2D eigenvalue weighted by Crippen LogP contribution is 2.22. The minimum atomic E-state index is -0.917. The molecule has 3 N–H and O–H groups in total. The Labute approximate surface area is 203 Å². The van der Waals surface area contributed by atoms with Crippen LogP contribution < -0.4 is 5.73 Å². The van der Waals surface area contributed by atoms with Crippen molar-refractivity contribution in [3.8, 4) is 0 Å². The molecule has 0 spiro atoms. The minimum Gasteiger partial charge on any atom is -0.376 e. The minimum absolute atomic E-state index is 0.763. The van der Waals surface area contributed by atoms with Gasteiger partial charge in [0.2, 0.25) is 0 Å². The maximum absolute atomic E-state index is 10.2. The molecule has 32 heavy (non-hydrogen) atoms. The van der Waals surface area contributed by atoms with Crippen molar-refractivity contribution in [2.45, 2.75) is 187 Å². The molecule has 0 aliphatic rings. The first-order valence-electron chi connectivity index (χ1n) is 15.1. The van der Waals surface area contributed by atoms with Crippen molar-refractivity contribution in [1.82, 2.24) is 0 Å². The lowest BCUT2D eigenvalue weighted by Crippen LogP contribution is -2.39. The number of rotatable bonds is 26. The van der Waals surface area contributed by atoms with Gasteiger partial charge in [0.1, 0.15) is 5.72 Å². The number of hydrogen-bond donors (Lipinski definition) is 2. The van der Waals surface area contributed by atoms with Crippen molar-refractivity contribution in [2.75, 3.05) is 0 Å². The van der Waals surface area contributed by atoms with Crippen LogP contribution in [0.15, 0.2) is 0 Å². The fourth-order valence-electron chi connectivity index (χ4n) is 5.03. The molecule has 0 radical (unpaired) electrons. The highest BCUT2D eigenvalue weighted by Gasteiger charge is 2.19. The first-order chi connectivity index (χ1) is 15.6. The predicted octanol–water partition coefficient (Wildman–Crippen LogP) is 10.1. The summed E-state index contributed by atoms with van der Waals surface area (Å²) in [4.78, 5) is 0. The molecule has 0 aliphatic heterocycles. The van der Waals surface area contributed by atoms with Crippen LogP contribution in [0.3, 0.4) is 0 Å². The van der Waals surface area contributed by atoms with Gasteiger partial charge in [0.15, 0.2) is 0 Å². The normalized spacial score (nSPS) is 14.5. The van der Waals surface area contributed by atoms with Gasteiger partial charge in [-0.1, -0.05) is 156 Å². The van der Waals surface area contributed by atoms with E-state index in [9.17, 15) is 5.11 Å². The smallest absolute Gasteiger partial charge is 0.113 e. The van der Waals surface area contributed by atoms with E-state index in [1.165, 1.54) is 135 Å². The molecule has 0 rings (SSSR count). The summed E-state index contributed by atoms with van der Waals surface area (Å²) >= 11 is 0. The van der Waals surface area contributed by atoms with Gasteiger partial charge in [-0.05, 0) is 31.6 Å². The summed E-state index contributed by atoms with van der Waals surface area (Å²) in [6, 6.07) is 0. The van der Waals surface area contributed by atoms with Gasteiger partial charge in [0, 0.05) is 0 Å². The van der Waals surface area contributed by atoms with Gasteiger partial charge in [0.25, 0.3) is 0 Å². The molecule has 2 nitrogen and oxygen atoms in total. The SMILES string of the molecule is CCCCCCCCCCC(CC)CCCCCCCCCCCC(N)(O)CCCCC. The van der Waals surface area contributed by atoms with E-state index in [4.69, 9.17) is 5.73 Å². The predicted molar refractivity (Wildman–Crippen MR) is 145 cm³/mol. The van der Waals surface area contributed by atoms with Crippen LogP contribution in [0.4, 0.5) is 0 Å². The lowest BCUT2D eigenvalue weighted by atomic mass is 9.92. The molecule has 0 aliphatic carbocycles. The van der Waals surface area contributed by atoms with E-state index in [0.717, 1.165) is 31.6 Å². The average Bonchev–Trinajstić information content (AvgIpc) is 2.77. The standard InChI is InChI=1S/C30H63NO/c1-4-7-9-10-11-15-18-21-25-29(6-3)26-22-19-16-13-12-14-17-20-24-28-30(31,32)27-23-8-5-2/h29,32H,4-28,31H2,1-3H3. The summed E-state index contributed by atoms with van der Waals surface area (Å²) in [6.45, 7) is 6.88. The molecule has 0 saturated carbocycles. The molecule has 2 heteroatoms. The third-order valence-electron chi connectivity index (χ3n) is 7.48. The van der Waals surface area contributed by atoms with E-state index < -0.39 is 5.72 Å². The van der Waals surface area contributed by atoms with E-state index >= 15 is 0 Å². The zero-order valence-electron chi connectivity index (χ0n) is 22.8. The summed E-state index contributed by atoms with van der Waals surface area (Å²) in [5, 5.41) is 10.2. The van der Waals surface area contributed by atoms with Crippen LogP contribution >= 0.6 is 0 Å². The number of unbranched alkanes of at least 4 members (excludes halogenated alkanes) is 17. The van der Waals surface area contributed by atoms with Crippen molar-refractivity contribution < 1.29 is 5.11 Å². The van der Waals surface area contributed by atoms with Gasteiger partial charge >= 0.3 is 0 Å². The van der Waals surface area contributed by atoms with E-state index in [1.807, 2.05) is 0 Å². The van der Waals surface area contributed by atoms with Gasteiger partial charge in [0.05, 0.1) is 0 Å². The van der Waals surface area contributed by atoms with E-state index in [0.29, 0.717) is 0 Å². The van der Waals surface area contributed by atoms with Crippen LogP contribution in [0.1, 0.15) is 181 Å². The molecular formula is C30H63NO. The van der Waals surface area contributed by atoms with E-state index in [1.54, 1.807) is 0 Å². The molecule has 0 fully saturated rings. The molecule has 2 atom stereocenters. The lowest BCUT2D eigenvalue weighted by molar-refractivity contribution is 0.0242. The Balaban J connectivity index is 3.40. The van der Waals surface area contributed by atoms with Crippen LogP contribution in [0.5, 0.6) is 0 Å². The zero-order chi connectivity index (χ0) is 23.8. The first kappa shape index (κ1) is 31.9. The Morgan fingerprint density at radius 3 is 1.22 bits per heavy atom. The second kappa shape index (κ2) is 24.1. The average molecular weight is 454 g/mol. The maximum Gasteiger partial charge on any atom is 0.113 e. The molecule has 0 amide bonds. The Bertz CT molecular complexity index is 355. The molecule has 194 valence electrons. The summed E-state index contributed by atoms with van der Waals surface area (Å²) in [5.74, 6) is 0.984. The highest BCUT2D eigenvalue weighted by atomic mass is 16.3. The quantitative estimate of drug-likeness (QED) is 0.101. The summed E-state index contributed by atoms with van der Waals surface area (Å²) < 4.78 is 0. The van der Waals surface area contributed by atoms with Gasteiger partial charge in [-0.25, -0.2) is 0 Å². The molecule has 0 bridgehead atoms. The monoisotopic (exact) mass is 453 g/mol. The van der Waals surface area contributed by atoms with Crippen LogP contribution in [0.25, 0.3) is 0 Å². The molecular weight excluding hydrogens is 390 g/mol. The van der Waals surface area contributed by atoms with E-state index in [2.05, 4.69) is 20.8 Å². The topological polar surface area (TPSA) is 46.2 Å². The van der Waals surface area contributed by atoms with Gasteiger partial charge in [-0.2, -0.15) is 0 Å². The fourth-order valence-corrected chi connectivity index (χ4v) is 5.03. The van der Waals surface area contributed by atoms with Crippen molar-refractivity contribution in [3.05, 3.63) is 0 Å². The summed E-state index contributed by atoms with van der Waals surface area (Å²) in [6.07, 6.45) is 32.9. The number of hydrogen-bond acceptors (Lipinski definition) is 2. The highest BCUT2D eigenvalue weighted by molar-refractivity contribution is 4.70. The number of nitrogens with two attached hydrogens (primary N) is 1. The second-order valence-corrected chi connectivity index (χ2v) is 10.8. The van der Waals surface area contributed by atoms with Crippen LogP contribution in [0.2, 0.25) is 0 Å². The van der Waals surface area contributed by atoms with Crippen molar-refractivity contribution >= 4 is 0 Å². The van der Waals surface area contributed by atoms with Gasteiger partial charge in [-0.3, -0.25) is 0 Å². The second-order valence-electron chi connectivity index (χ2n) is 10.8. The van der Waals surface area contributed by atoms with Gasteiger partial charge in [-0.15, -0.1) is 0 Å². The van der Waals surface area contributed by atoms with Crippen molar-refractivity contribution in [1.29, 1.82) is 0 Å². The third-order valence-corrected chi connectivity index (χ3v) is 7.48. The molecule has 0 aromatic heterocycles. The van der Waals surface area contributed by atoms with Crippen molar-refractivity contribution in [3.63, 3.8) is 0 Å². The Kier molecular flexibility index (Phi) is 24.0. The van der Waals surface area contributed by atoms with Crippen LogP contribution in [-0.2, 0) is 0 Å². The maximum atomic E-state index is 10.2. The summed E-state index contributed by atoms with van der Waals surface area (Å²) in [5.41, 5.74) is 5.10. The molecule has 0 aromatic carbocycles. The molecule has 2 unspecified atom stereocenters. The largest absolute Gasteiger partial charge is 0.376 e. The summed E-state index contributed by atoms with van der Waals surface area (Å²) in [7, 11) is 0. The zero-order valence-corrected chi connectivity index (χ0v) is 22.8. The third kappa shape index (κ3) is 23.1. The first-order valence-corrected chi connectivity index (χ1v) is 15.1. The lowest BCUT2D eigenvalue weighted by Gasteiger charge is -2.23. The van der Waals surface area contributed by atoms with Gasteiger partial charge < -0.3 is 10.8 Å². The Morgan fingerprint density at radius 1 is 0.500 bits per heavy atom. The van der Waals surface area contributed by atoms with Crippen molar-refractivity contribution in [2.24, 2.45) is 11.7 Å². The molecule has 0 heterocycles. The van der Waals surface area contributed by atoms with Crippen LogP contribution in [0, 0.1) is 5.92 Å². The number of aliphatic hydroxyl groups is 1. The Morgan fingerprint density at radius 2 is 0.812 bits per heavy atom. The fraction of sp³-hybridized carbons (Fsp3) is 1.00.